The van der Waals surface area contributed by atoms with E-state index in [1.54, 1.807) is 7.11 Å². The third-order valence-corrected chi connectivity index (χ3v) is 2.10. The third-order valence-electron chi connectivity index (χ3n) is 1.61. The molecule has 13 heavy (non-hydrogen) atoms. The van der Waals surface area contributed by atoms with Gasteiger partial charge in [0.05, 0.1) is 7.11 Å². The van der Waals surface area contributed by atoms with Gasteiger partial charge in [-0.15, -0.1) is 12.4 Å². The van der Waals surface area contributed by atoms with Crippen LogP contribution in [0, 0.1) is 0 Å². The second-order valence-electron chi connectivity index (χ2n) is 2.49. The highest BCUT2D eigenvalue weighted by molar-refractivity contribution is 9.10. The Balaban J connectivity index is 0.00000144. The molecular formula is C9H13BrClNO. The van der Waals surface area contributed by atoms with Crippen molar-refractivity contribution in [3.8, 4) is 5.75 Å². The predicted octanol–water partition coefficient (Wildman–Crippen LogP) is 2.60. The van der Waals surface area contributed by atoms with Crippen molar-refractivity contribution in [3.05, 3.63) is 28.2 Å². The van der Waals surface area contributed by atoms with E-state index in [-0.39, 0.29) is 12.4 Å². The van der Waals surface area contributed by atoms with Crippen molar-refractivity contribution < 1.29 is 4.74 Å². The lowest BCUT2D eigenvalue weighted by atomic mass is 10.2. The summed E-state index contributed by atoms with van der Waals surface area (Å²) in [4.78, 5) is 0. The molecule has 1 N–H and O–H groups in total. The summed E-state index contributed by atoms with van der Waals surface area (Å²) in [7, 11) is 3.60. The first kappa shape index (κ1) is 12.8. The molecule has 0 fully saturated rings. The second-order valence-corrected chi connectivity index (χ2v) is 3.40. The van der Waals surface area contributed by atoms with Gasteiger partial charge in [-0.05, 0) is 25.2 Å². The number of hydrogen-bond donors (Lipinski definition) is 1. The smallest absolute Gasteiger partial charge is 0.123 e. The number of benzene rings is 1. The number of ether oxygens (including phenoxy) is 1. The molecule has 74 valence electrons. The highest BCUT2D eigenvalue weighted by Crippen LogP contribution is 2.22. The lowest BCUT2D eigenvalue weighted by Gasteiger charge is -2.07. The molecule has 0 heterocycles. The minimum atomic E-state index is 0. The normalized spacial score (nSPS) is 9.15. The Hall–Kier alpha value is -0.250. The van der Waals surface area contributed by atoms with Crippen LogP contribution in [0.4, 0.5) is 0 Å². The molecule has 1 aromatic carbocycles. The lowest BCUT2D eigenvalue weighted by Crippen LogP contribution is -2.06. The van der Waals surface area contributed by atoms with Crippen LogP contribution in [0.2, 0.25) is 0 Å². The minimum Gasteiger partial charge on any atom is -0.496 e. The molecule has 0 aliphatic rings. The average Bonchev–Trinajstić information content (AvgIpc) is 2.05. The van der Waals surface area contributed by atoms with E-state index in [2.05, 4.69) is 27.3 Å². The first-order valence-electron chi connectivity index (χ1n) is 3.75. The van der Waals surface area contributed by atoms with Gasteiger partial charge in [0.2, 0.25) is 0 Å². The fourth-order valence-corrected chi connectivity index (χ4v) is 1.48. The second kappa shape index (κ2) is 6.24. The predicted molar refractivity (Wildman–Crippen MR) is 60.7 cm³/mol. The molecule has 0 aliphatic heterocycles. The first-order valence-corrected chi connectivity index (χ1v) is 4.54. The van der Waals surface area contributed by atoms with Crippen LogP contribution in [0.3, 0.4) is 0 Å². The molecule has 0 saturated heterocycles. The van der Waals surface area contributed by atoms with E-state index in [4.69, 9.17) is 4.74 Å². The van der Waals surface area contributed by atoms with Crippen LogP contribution in [0.5, 0.6) is 5.75 Å². The van der Waals surface area contributed by atoms with Gasteiger partial charge < -0.3 is 10.1 Å². The maximum absolute atomic E-state index is 5.19. The van der Waals surface area contributed by atoms with Crippen molar-refractivity contribution in [2.75, 3.05) is 14.2 Å². The Morgan fingerprint density at radius 3 is 2.69 bits per heavy atom. The minimum absolute atomic E-state index is 0. The van der Waals surface area contributed by atoms with Crippen LogP contribution in [0.25, 0.3) is 0 Å². The molecule has 0 bridgehead atoms. The van der Waals surface area contributed by atoms with E-state index in [1.165, 1.54) is 0 Å². The SMILES string of the molecule is CNCc1cc(Br)ccc1OC.Cl. The summed E-state index contributed by atoms with van der Waals surface area (Å²) in [5.74, 6) is 0.924. The van der Waals surface area contributed by atoms with Gasteiger partial charge in [-0.25, -0.2) is 0 Å². The zero-order valence-electron chi connectivity index (χ0n) is 7.63. The molecule has 0 amide bonds. The summed E-state index contributed by atoms with van der Waals surface area (Å²) in [6.07, 6.45) is 0. The molecule has 0 saturated carbocycles. The fourth-order valence-electron chi connectivity index (χ4n) is 1.08. The van der Waals surface area contributed by atoms with Crippen LogP contribution in [-0.2, 0) is 6.54 Å². The maximum Gasteiger partial charge on any atom is 0.123 e. The van der Waals surface area contributed by atoms with Gasteiger partial charge in [0.15, 0.2) is 0 Å². The van der Waals surface area contributed by atoms with Crippen molar-refractivity contribution in [1.29, 1.82) is 0 Å². The quantitative estimate of drug-likeness (QED) is 0.908. The van der Waals surface area contributed by atoms with Crippen molar-refractivity contribution in [2.45, 2.75) is 6.54 Å². The summed E-state index contributed by atoms with van der Waals surface area (Å²) < 4.78 is 6.27. The van der Waals surface area contributed by atoms with Gasteiger partial charge in [0, 0.05) is 16.6 Å². The Kier molecular flexibility index (Phi) is 6.12. The summed E-state index contributed by atoms with van der Waals surface area (Å²) in [5, 5.41) is 3.09. The average molecular weight is 267 g/mol. The van der Waals surface area contributed by atoms with Crippen molar-refractivity contribution >= 4 is 28.3 Å². The Labute approximate surface area is 93.2 Å². The van der Waals surface area contributed by atoms with E-state index in [1.807, 2.05) is 19.2 Å². The highest BCUT2D eigenvalue weighted by Gasteiger charge is 2.01. The highest BCUT2D eigenvalue weighted by atomic mass is 79.9. The topological polar surface area (TPSA) is 21.3 Å². The van der Waals surface area contributed by atoms with Gasteiger partial charge in [-0.3, -0.25) is 0 Å². The lowest BCUT2D eigenvalue weighted by molar-refractivity contribution is 0.408. The number of hydrogen-bond acceptors (Lipinski definition) is 2. The zero-order valence-corrected chi connectivity index (χ0v) is 10.0. The van der Waals surface area contributed by atoms with E-state index < -0.39 is 0 Å². The van der Waals surface area contributed by atoms with Gasteiger partial charge >= 0.3 is 0 Å². The Morgan fingerprint density at radius 1 is 1.46 bits per heavy atom. The van der Waals surface area contributed by atoms with Crippen molar-refractivity contribution in [2.24, 2.45) is 0 Å². The summed E-state index contributed by atoms with van der Waals surface area (Å²) in [6, 6.07) is 5.98. The maximum atomic E-state index is 5.19. The largest absolute Gasteiger partial charge is 0.496 e. The standard InChI is InChI=1S/C9H12BrNO.ClH/c1-11-6-7-5-8(10)3-4-9(7)12-2;/h3-5,11H,6H2,1-2H3;1H. The molecule has 0 aromatic heterocycles. The Morgan fingerprint density at radius 2 is 2.15 bits per heavy atom. The number of nitrogens with one attached hydrogen (secondary N) is 1. The summed E-state index contributed by atoms with van der Waals surface area (Å²) in [6.45, 7) is 0.822. The molecule has 2 nitrogen and oxygen atoms in total. The van der Waals surface area contributed by atoms with Crippen LogP contribution in [0.15, 0.2) is 22.7 Å². The molecule has 0 spiro atoms. The number of rotatable bonds is 3. The van der Waals surface area contributed by atoms with Crippen molar-refractivity contribution in [1.82, 2.24) is 5.32 Å². The Bertz CT molecular complexity index is 268. The van der Waals surface area contributed by atoms with Crippen LogP contribution in [-0.4, -0.2) is 14.2 Å². The zero-order chi connectivity index (χ0) is 8.97. The number of halogens is 2. The monoisotopic (exact) mass is 265 g/mol. The third kappa shape index (κ3) is 3.55. The van der Waals surface area contributed by atoms with E-state index in [0.717, 1.165) is 22.3 Å². The first-order chi connectivity index (χ1) is 5.77. The van der Waals surface area contributed by atoms with Gasteiger partial charge in [-0.1, -0.05) is 15.9 Å². The molecule has 1 aromatic rings. The van der Waals surface area contributed by atoms with Gasteiger partial charge in [-0.2, -0.15) is 0 Å². The van der Waals surface area contributed by atoms with Gasteiger partial charge in [0.1, 0.15) is 5.75 Å². The number of methoxy groups -OCH3 is 1. The van der Waals surface area contributed by atoms with Crippen molar-refractivity contribution in [3.63, 3.8) is 0 Å². The molecular weight excluding hydrogens is 253 g/mol. The van der Waals surface area contributed by atoms with Gasteiger partial charge in [0.25, 0.3) is 0 Å². The molecule has 0 aliphatic carbocycles. The summed E-state index contributed by atoms with van der Waals surface area (Å²) in [5.41, 5.74) is 1.16. The molecule has 1 rings (SSSR count). The summed E-state index contributed by atoms with van der Waals surface area (Å²) >= 11 is 3.41. The molecule has 4 heteroatoms. The molecule has 0 unspecified atom stereocenters. The van der Waals surface area contributed by atoms with E-state index in [9.17, 15) is 0 Å². The fraction of sp³-hybridized carbons (Fsp3) is 0.333. The molecule has 0 atom stereocenters. The van der Waals surface area contributed by atoms with Crippen LogP contribution in [0.1, 0.15) is 5.56 Å². The van der Waals surface area contributed by atoms with E-state index in [0.29, 0.717) is 0 Å². The van der Waals surface area contributed by atoms with Crippen LogP contribution >= 0.6 is 28.3 Å². The van der Waals surface area contributed by atoms with E-state index >= 15 is 0 Å². The van der Waals surface area contributed by atoms with Crippen LogP contribution < -0.4 is 10.1 Å². The molecule has 0 radical (unpaired) electrons.